The first-order valence-corrected chi connectivity index (χ1v) is 8.69. The lowest BCUT2D eigenvalue weighted by Gasteiger charge is -2.16. The minimum absolute atomic E-state index is 0.0632. The Labute approximate surface area is 165 Å². The van der Waals surface area contributed by atoms with Crippen molar-refractivity contribution in [3.05, 3.63) is 65.5 Å². The summed E-state index contributed by atoms with van der Waals surface area (Å²) in [6.45, 7) is -0.346. The molecule has 1 amide bonds. The van der Waals surface area contributed by atoms with E-state index in [1.165, 1.54) is 37.4 Å². The summed E-state index contributed by atoms with van der Waals surface area (Å²) in [5.74, 6) is -2.27. The number of ether oxygens (including phenoxy) is 1. The highest BCUT2D eigenvalue weighted by molar-refractivity contribution is 5.81. The highest BCUT2D eigenvalue weighted by Gasteiger charge is 2.30. The highest BCUT2D eigenvalue weighted by atomic mass is 19.4. The van der Waals surface area contributed by atoms with Crippen LogP contribution in [-0.4, -0.2) is 32.1 Å². The number of anilines is 1. The fraction of sp³-hybridized carbons (Fsp3) is 0.300. The Hall–Kier alpha value is -3.10. The summed E-state index contributed by atoms with van der Waals surface area (Å²) in [7, 11) is 1.21. The van der Waals surface area contributed by atoms with Crippen LogP contribution >= 0.6 is 0 Å². The lowest BCUT2D eigenvalue weighted by atomic mass is 9.99. The van der Waals surface area contributed by atoms with Gasteiger partial charge in [0.1, 0.15) is 5.82 Å². The molecule has 2 rings (SSSR count). The number of esters is 1. The van der Waals surface area contributed by atoms with Gasteiger partial charge < -0.3 is 15.4 Å². The average molecular weight is 412 g/mol. The minimum atomic E-state index is -4.48. The zero-order chi connectivity index (χ0) is 21.4. The maximum absolute atomic E-state index is 13.3. The van der Waals surface area contributed by atoms with Crippen molar-refractivity contribution >= 4 is 17.6 Å². The van der Waals surface area contributed by atoms with Gasteiger partial charge in [-0.15, -0.1) is 0 Å². The first kappa shape index (κ1) is 22.2. The molecule has 0 aliphatic rings. The van der Waals surface area contributed by atoms with E-state index in [4.69, 9.17) is 4.74 Å². The number of hydrogen-bond donors (Lipinski definition) is 2. The van der Waals surface area contributed by atoms with Crippen LogP contribution in [0.5, 0.6) is 0 Å². The Bertz CT molecular complexity index is 856. The van der Waals surface area contributed by atoms with Crippen LogP contribution in [0.25, 0.3) is 0 Å². The van der Waals surface area contributed by atoms with Gasteiger partial charge in [0.05, 0.1) is 25.1 Å². The average Bonchev–Trinajstić information content (AvgIpc) is 2.68. The van der Waals surface area contributed by atoms with Gasteiger partial charge in [-0.1, -0.05) is 18.2 Å². The van der Waals surface area contributed by atoms with Gasteiger partial charge in [0, 0.05) is 12.2 Å². The summed E-state index contributed by atoms with van der Waals surface area (Å²) >= 11 is 0. The topological polar surface area (TPSA) is 67.4 Å². The van der Waals surface area contributed by atoms with E-state index in [1.807, 2.05) is 0 Å². The van der Waals surface area contributed by atoms with E-state index in [1.54, 1.807) is 6.07 Å². The zero-order valence-electron chi connectivity index (χ0n) is 15.6. The summed E-state index contributed by atoms with van der Waals surface area (Å²) in [5.41, 5.74) is -0.125. The minimum Gasteiger partial charge on any atom is -0.469 e. The second kappa shape index (κ2) is 9.90. The number of nitrogens with one attached hydrogen (secondary N) is 2. The van der Waals surface area contributed by atoms with Crippen LogP contribution in [0.2, 0.25) is 0 Å². The van der Waals surface area contributed by atoms with Gasteiger partial charge >= 0.3 is 12.1 Å². The van der Waals surface area contributed by atoms with Crippen molar-refractivity contribution in [2.45, 2.75) is 12.6 Å². The monoisotopic (exact) mass is 412 g/mol. The van der Waals surface area contributed by atoms with Gasteiger partial charge in [0.15, 0.2) is 0 Å². The van der Waals surface area contributed by atoms with Gasteiger partial charge in [0.25, 0.3) is 0 Å². The molecule has 0 bridgehead atoms. The van der Waals surface area contributed by atoms with E-state index in [-0.39, 0.29) is 25.2 Å². The van der Waals surface area contributed by atoms with Crippen LogP contribution in [0, 0.1) is 11.7 Å². The molecule has 0 fully saturated rings. The van der Waals surface area contributed by atoms with Gasteiger partial charge in [-0.2, -0.15) is 13.2 Å². The fourth-order valence-electron chi connectivity index (χ4n) is 2.64. The maximum atomic E-state index is 13.3. The van der Waals surface area contributed by atoms with Crippen molar-refractivity contribution in [3.63, 3.8) is 0 Å². The van der Waals surface area contributed by atoms with E-state index < -0.39 is 35.4 Å². The summed E-state index contributed by atoms with van der Waals surface area (Å²) in [6.07, 6.45) is -4.32. The lowest BCUT2D eigenvalue weighted by molar-refractivity contribution is -0.145. The summed E-state index contributed by atoms with van der Waals surface area (Å²) in [4.78, 5) is 23.9. The molecule has 2 aromatic rings. The molecular weight excluding hydrogens is 392 g/mol. The Morgan fingerprint density at radius 1 is 1.10 bits per heavy atom. The van der Waals surface area contributed by atoms with Crippen LogP contribution in [0.1, 0.15) is 11.1 Å². The summed E-state index contributed by atoms with van der Waals surface area (Å²) in [6, 6.07) is 10.2. The van der Waals surface area contributed by atoms with Gasteiger partial charge in [-0.25, -0.2) is 4.39 Å². The number of amides is 1. The molecule has 1 atom stereocenters. The third-order valence-corrected chi connectivity index (χ3v) is 4.09. The molecule has 0 saturated heterocycles. The molecule has 2 N–H and O–H groups in total. The van der Waals surface area contributed by atoms with Crippen molar-refractivity contribution in [3.8, 4) is 0 Å². The van der Waals surface area contributed by atoms with E-state index >= 15 is 0 Å². The number of hydrogen-bond acceptors (Lipinski definition) is 4. The highest BCUT2D eigenvalue weighted by Crippen LogP contribution is 2.30. The molecule has 2 aromatic carbocycles. The van der Waals surface area contributed by atoms with Gasteiger partial charge in [-0.05, 0) is 42.3 Å². The molecule has 29 heavy (non-hydrogen) atoms. The second-order valence-corrected chi connectivity index (χ2v) is 6.29. The Morgan fingerprint density at radius 2 is 1.83 bits per heavy atom. The molecule has 9 heteroatoms. The molecule has 156 valence electrons. The van der Waals surface area contributed by atoms with Crippen molar-refractivity contribution in [1.82, 2.24) is 5.32 Å². The standard InChI is InChI=1S/C20H20F4N2O3/c1-29-19(28)14(8-13-4-2-6-16(21)9-13)11-26-18(27)12-25-17-7-3-5-15(10-17)20(22,23)24/h2-7,9-10,14,25H,8,11-12H2,1H3,(H,26,27). The van der Waals surface area contributed by atoms with Crippen LogP contribution in [0.3, 0.4) is 0 Å². The molecule has 1 unspecified atom stereocenters. The molecule has 0 aliphatic carbocycles. The molecular formula is C20H20F4N2O3. The first-order valence-electron chi connectivity index (χ1n) is 8.69. The van der Waals surface area contributed by atoms with Crippen molar-refractivity contribution in [1.29, 1.82) is 0 Å². The van der Waals surface area contributed by atoms with Crippen LogP contribution in [0.4, 0.5) is 23.2 Å². The Balaban J connectivity index is 1.90. The van der Waals surface area contributed by atoms with Crippen LogP contribution in [-0.2, 0) is 26.9 Å². The quantitative estimate of drug-likeness (QED) is 0.515. The van der Waals surface area contributed by atoms with Crippen molar-refractivity contribution in [2.24, 2.45) is 5.92 Å². The number of methoxy groups -OCH3 is 1. The predicted octanol–water partition coefficient (Wildman–Crippen LogP) is 3.40. The lowest BCUT2D eigenvalue weighted by Crippen LogP contribution is -2.37. The molecule has 0 saturated carbocycles. The fourth-order valence-corrected chi connectivity index (χ4v) is 2.64. The SMILES string of the molecule is COC(=O)C(CNC(=O)CNc1cccc(C(F)(F)F)c1)Cc1cccc(F)c1. The summed E-state index contributed by atoms with van der Waals surface area (Å²) < 4.78 is 56.2. The number of halogens is 4. The van der Waals surface area contributed by atoms with E-state index in [0.29, 0.717) is 5.56 Å². The number of alkyl halides is 3. The van der Waals surface area contributed by atoms with Gasteiger partial charge in [0.2, 0.25) is 5.91 Å². The molecule has 0 heterocycles. The number of carbonyl (C=O) groups excluding carboxylic acids is 2. The van der Waals surface area contributed by atoms with E-state index in [2.05, 4.69) is 10.6 Å². The number of carbonyl (C=O) groups is 2. The van der Waals surface area contributed by atoms with Crippen LogP contribution < -0.4 is 10.6 Å². The Morgan fingerprint density at radius 3 is 2.48 bits per heavy atom. The maximum Gasteiger partial charge on any atom is 0.416 e. The van der Waals surface area contributed by atoms with Crippen molar-refractivity contribution in [2.75, 3.05) is 25.5 Å². The molecule has 0 radical (unpaired) electrons. The first-order chi connectivity index (χ1) is 13.7. The Kier molecular flexibility index (Phi) is 7.58. The number of rotatable bonds is 8. The molecule has 0 aromatic heterocycles. The molecule has 5 nitrogen and oxygen atoms in total. The third kappa shape index (κ3) is 7.10. The normalized spacial score (nSPS) is 12.2. The zero-order valence-corrected chi connectivity index (χ0v) is 15.6. The van der Waals surface area contributed by atoms with Gasteiger partial charge in [-0.3, -0.25) is 9.59 Å². The largest absolute Gasteiger partial charge is 0.469 e. The van der Waals surface area contributed by atoms with Crippen LogP contribution in [0.15, 0.2) is 48.5 Å². The van der Waals surface area contributed by atoms with E-state index in [9.17, 15) is 27.2 Å². The molecule has 0 aliphatic heterocycles. The smallest absolute Gasteiger partial charge is 0.416 e. The third-order valence-electron chi connectivity index (χ3n) is 4.09. The summed E-state index contributed by atoms with van der Waals surface area (Å²) in [5, 5.41) is 5.13. The number of benzene rings is 2. The molecule has 0 spiro atoms. The second-order valence-electron chi connectivity index (χ2n) is 6.29. The predicted molar refractivity (Wildman–Crippen MR) is 98.6 cm³/mol. The van der Waals surface area contributed by atoms with Crippen molar-refractivity contribution < 1.29 is 31.9 Å². The van der Waals surface area contributed by atoms with E-state index in [0.717, 1.165) is 12.1 Å².